The summed E-state index contributed by atoms with van der Waals surface area (Å²) in [6, 6.07) is 58.8. The predicted molar refractivity (Wildman–Crippen MR) is 180 cm³/mol. The molecule has 0 radical (unpaired) electrons. The first kappa shape index (κ1) is 25.8. The van der Waals surface area contributed by atoms with E-state index in [2.05, 4.69) is 121 Å². The minimum atomic E-state index is 0.773. The van der Waals surface area contributed by atoms with E-state index in [-0.39, 0.29) is 0 Å². The average Bonchev–Trinajstić information content (AvgIpc) is 3.10. The van der Waals surface area contributed by atoms with Gasteiger partial charge in [0.25, 0.3) is 0 Å². The highest BCUT2D eigenvalue weighted by Gasteiger charge is 2.21. The van der Waals surface area contributed by atoms with Gasteiger partial charge in [-0.2, -0.15) is 0 Å². The van der Waals surface area contributed by atoms with E-state index in [9.17, 15) is 0 Å². The van der Waals surface area contributed by atoms with E-state index in [1.165, 1.54) is 11.1 Å². The lowest BCUT2D eigenvalue weighted by atomic mass is 9.95. The summed E-state index contributed by atoms with van der Waals surface area (Å²) in [5, 5.41) is 0. The van der Waals surface area contributed by atoms with Gasteiger partial charge in [0.2, 0.25) is 0 Å². The molecule has 0 saturated heterocycles. The van der Waals surface area contributed by atoms with Crippen LogP contribution >= 0.6 is 0 Å². The standard InChI is InChI=1S/C42H28O2/c1-3-12-29(13-4-1)31-16-11-17-32(26-31)34-23-25-38-36-19-8-10-21-40(36)43-39-20-9-7-18-35(39)37-24-22-33(30-14-5-2-6-15-30)27-41(37)44-42(38)28-34/h1-28H. The number of para-hydroxylation sites is 2. The minimum absolute atomic E-state index is 0.773. The number of hydrogen-bond acceptors (Lipinski definition) is 2. The Bertz CT molecular complexity index is 2110. The van der Waals surface area contributed by atoms with Crippen LogP contribution in [0.5, 0.6) is 23.0 Å². The molecule has 208 valence electrons. The Labute approximate surface area is 257 Å². The van der Waals surface area contributed by atoms with Gasteiger partial charge in [-0.25, -0.2) is 0 Å². The molecule has 0 unspecified atom stereocenters. The average molecular weight is 565 g/mol. The van der Waals surface area contributed by atoms with Crippen molar-refractivity contribution in [3.05, 3.63) is 170 Å². The van der Waals surface area contributed by atoms with Gasteiger partial charge in [0, 0.05) is 22.3 Å². The Morgan fingerprint density at radius 1 is 0.227 bits per heavy atom. The molecule has 0 saturated carbocycles. The molecule has 0 bridgehead atoms. The van der Waals surface area contributed by atoms with E-state index in [0.29, 0.717) is 0 Å². The van der Waals surface area contributed by atoms with Crippen molar-refractivity contribution in [2.24, 2.45) is 0 Å². The number of fused-ring (bicyclic) bond motifs is 6. The first-order valence-corrected chi connectivity index (χ1v) is 14.8. The third kappa shape index (κ3) is 4.83. The molecular weight excluding hydrogens is 536 g/mol. The van der Waals surface area contributed by atoms with E-state index in [1.807, 2.05) is 48.5 Å². The Morgan fingerprint density at radius 3 is 1.14 bits per heavy atom. The Morgan fingerprint density at radius 2 is 0.591 bits per heavy atom. The molecule has 0 spiro atoms. The van der Waals surface area contributed by atoms with E-state index in [0.717, 1.165) is 67.5 Å². The van der Waals surface area contributed by atoms with Gasteiger partial charge in [0.15, 0.2) is 0 Å². The summed E-state index contributed by atoms with van der Waals surface area (Å²) in [5.41, 5.74) is 10.7. The summed E-state index contributed by atoms with van der Waals surface area (Å²) in [6.45, 7) is 0. The molecule has 1 heterocycles. The largest absolute Gasteiger partial charge is 0.456 e. The van der Waals surface area contributed by atoms with Crippen molar-refractivity contribution in [3.8, 4) is 78.6 Å². The smallest absolute Gasteiger partial charge is 0.136 e. The summed E-state index contributed by atoms with van der Waals surface area (Å²) < 4.78 is 13.7. The van der Waals surface area contributed by atoms with Crippen LogP contribution in [-0.2, 0) is 0 Å². The van der Waals surface area contributed by atoms with Crippen LogP contribution in [0.4, 0.5) is 0 Å². The maximum absolute atomic E-state index is 7.02. The lowest BCUT2D eigenvalue weighted by Crippen LogP contribution is -1.98. The van der Waals surface area contributed by atoms with Gasteiger partial charge >= 0.3 is 0 Å². The maximum atomic E-state index is 7.02. The van der Waals surface area contributed by atoms with Gasteiger partial charge in [-0.1, -0.05) is 127 Å². The van der Waals surface area contributed by atoms with Crippen LogP contribution in [-0.4, -0.2) is 0 Å². The van der Waals surface area contributed by atoms with Crippen LogP contribution in [0.15, 0.2) is 170 Å². The zero-order valence-electron chi connectivity index (χ0n) is 24.0. The summed E-state index contributed by atoms with van der Waals surface area (Å²) >= 11 is 0. The van der Waals surface area contributed by atoms with Crippen LogP contribution in [0.1, 0.15) is 0 Å². The third-order valence-electron chi connectivity index (χ3n) is 8.17. The normalized spacial score (nSPS) is 11.5. The van der Waals surface area contributed by atoms with Crippen molar-refractivity contribution >= 4 is 0 Å². The highest BCUT2D eigenvalue weighted by molar-refractivity contribution is 5.85. The van der Waals surface area contributed by atoms with Gasteiger partial charge in [-0.15, -0.1) is 0 Å². The SMILES string of the molecule is c1ccc(-c2cccc(-c3ccc4c(c3)Oc3cc(-c5ccccc5)ccc3-c3ccccc3Oc3ccccc3-4)c2)cc1. The van der Waals surface area contributed by atoms with Crippen molar-refractivity contribution in [2.75, 3.05) is 0 Å². The molecular formula is C42H28O2. The van der Waals surface area contributed by atoms with Gasteiger partial charge in [-0.05, 0) is 75.8 Å². The van der Waals surface area contributed by atoms with Crippen LogP contribution in [0.2, 0.25) is 0 Å². The van der Waals surface area contributed by atoms with E-state index in [4.69, 9.17) is 9.47 Å². The molecule has 0 N–H and O–H groups in total. The van der Waals surface area contributed by atoms with Crippen LogP contribution in [0, 0.1) is 0 Å². The second-order valence-corrected chi connectivity index (χ2v) is 10.9. The summed E-state index contributed by atoms with van der Waals surface area (Å²) in [5.74, 6) is 3.12. The molecule has 2 heteroatoms. The molecule has 0 aliphatic carbocycles. The molecule has 7 aromatic carbocycles. The molecule has 8 rings (SSSR count). The fourth-order valence-corrected chi connectivity index (χ4v) is 5.95. The van der Waals surface area contributed by atoms with Crippen molar-refractivity contribution in [2.45, 2.75) is 0 Å². The number of benzene rings is 7. The molecule has 44 heavy (non-hydrogen) atoms. The molecule has 1 aliphatic heterocycles. The van der Waals surface area contributed by atoms with Crippen LogP contribution < -0.4 is 9.47 Å². The quantitative estimate of drug-likeness (QED) is 0.212. The predicted octanol–water partition coefficient (Wildman–Crippen LogP) is 11.9. The lowest BCUT2D eigenvalue weighted by Gasteiger charge is -2.22. The van der Waals surface area contributed by atoms with Crippen molar-refractivity contribution in [1.82, 2.24) is 0 Å². The second-order valence-electron chi connectivity index (χ2n) is 10.9. The number of rotatable bonds is 3. The molecule has 2 nitrogen and oxygen atoms in total. The number of ether oxygens (including phenoxy) is 2. The van der Waals surface area contributed by atoms with E-state index < -0.39 is 0 Å². The molecule has 1 aliphatic rings. The maximum Gasteiger partial charge on any atom is 0.136 e. The zero-order valence-corrected chi connectivity index (χ0v) is 24.0. The van der Waals surface area contributed by atoms with Crippen molar-refractivity contribution in [1.29, 1.82) is 0 Å². The van der Waals surface area contributed by atoms with Crippen molar-refractivity contribution in [3.63, 3.8) is 0 Å². The van der Waals surface area contributed by atoms with Crippen LogP contribution in [0.25, 0.3) is 55.6 Å². The highest BCUT2D eigenvalue weighted by atomic mass is 16.5. The molecule has 7 aromatic rings. The Balaban J connectivity index is 1.33. The first-order chi connectivity index (χ1) is 21.8. The summed E-state index contributed by atoms with van der Waals surface area (Å²) in [4.78, 5) is 0. The third-order valence-corrected chi connectivity index (χ3v) is 8.17. The molecule has 0 fully saturated rings. The molecule has 0 aromatic heterocycles. The summed E-state index contributed by atoms with van der Waals surface area (Å²) in [6.07, 6.45) is 0. The fraction of sp³-hybridized carbons (Fsp3) is 0. The number of hydrogen-bond donors (Lipinski definition) is 0. The Hall–Kier alpha value is -5.86. The topological polar surface area (TPSA) is 18.5 Å². The minimum Gasteiger partial charge on any atom is -0.456 e. The molecule has 0 atom stereocenters. The fourth-order valence-electron chi connectivity index (χ4n) is 5.95. The second kappa shape index (κ2) is 11.1. The molecule has 0 amide bonds. The van der Waals surface area contributed by atoms with Gasteiger partial charge in [0.05, 0.1) is 0 Å². The highest BCUT2D eigenvalue weighted by Crippen LogP contribution is 2.48. The summed E-state index contributed by atoms with van der Waals surface area (Å²) in [7, 11) is 0. The van der Waals surface area contributed by atoms with E-state index >= 15 is 0 Å². The van der Waals surface area contributed by atoms with Gasteiger partial charge < -0.3 is 9.47 Å². The Kier molecular flexibility index (Phi) is 6.51. The van der Waals surface area contributed by atoms with Crippen LogP contribution in [0.3, 0.4) is 0 Å². The lowest BCUT2D eigenvalue weighted by molar-refractivity contribution is 0.472. The van der Waals surface area contributed by atoms with Gasteiger partial charge in [0.1, 0.15) is 23.0 Å². The zero-order chi connectivity index (χ0) is 29.3. The first-order valence-electron chi connectivity index (χ1n) is 14.8. The van der Waals surface area contributed by atoms with Crippen molar-refractivity contribution < 1.29 is 9.47 Å². The monoisotopic (exact) mass is 564 g/mol. The van der Waals surface area contributed by atoms with Gasteiger partial charge in [-0.3, -0.25) is 0 Å². The van der Waals surface area contributed by atoms with E-state index in [1.54, 1.807) is 0 Å².